The third-order valence-corrected chi connectivity index (χ3v) is 0.795. The smallest absolute Gasteiger partial charge is 0.320 e. The van der Waals surface area contributed by atoms with Crippen LogP contribution in [0.3, 0.4) is 0 Å². The molecule has 0 aromatic carbocycles. The van der Waals surface area contributed by atoms with Gasteiger partial charge in [0.25, 0.3) is 0 Å². The van der Waals surface area contributed by atoms with E-state index in [1.165, 1.54) is 0 Å². The lowest BCUT2D eigenvalue weighted by Crippen LogP contribution is -2.32. The van der Waals surface area contributed by atoms with E-state index in [4.69, 9.17) is 16.6 Å². The molecule has 0 aliphatic heterocycles. The molecule has 0 fully saturated rings. The summed E-state index contributed by atoms with van der Waals surface area (Å²) in [6, 6.07) is -0.792. The maximum absolute atomic E-state index is 9.91. The minimum atomic E-state index is -0.990. The first kappa shape index (κ1) is 11.6. The van der Waals surface area contributed by atoms with Crippen LogP contribution < -0.4 is 11.5 Å². The summed E-state index contributed by atoms with van der Waals surface area (Å²) in [7, 11) is 0. The fraction of sp³-hybridized carbons (Fsp3) is 0.750. The molecule has 1 atom stereocenters. The number of nitrogens with two attached hydrogens (primary N) is 2. The molecule has 0 amide bonds. The number of halogens is 1. The van der Waals surface area contributed by atoms with Crippen LogP contribution in [-0.4, -0.2) is 23.7 Å². The first-order valence-corrected chi connectivity index (χ1v) is 2.37. The topological polar surface area (TPSA) is 89.3 Å². The van der Waals surface area contributed by atoms with E-state index in [1.54, 1.807) is 0 Å². The van der Waals surface area contributed by atoms with Crippen LogP contribution in [0, 0.1) is 0 Å². The van der Waals surface area contributed by atoms with E-state index < -0.39 is 12.0 Å². The maximum Gasteiger partial charge on any atom is 0.320 e. The zero-order valence-corrected chi connectivity index (χ0v) is 6.62. The Hall–Kier alpha value is -0.130. The van der Waals surface area contributed by atoms with Crippen molar-refractivity contribution in [3.63, 3.8) is 0 Å². The predicted octanol–water partition coefficient (Wildman–Crippen LogP) is -0.675. The average molecular weight is 199 g/mol. The molecule has 0 rings (SSSR count). The summed E-state index contributed by atoms with van der Waals surface area (Å²) in [5.74, 6) is -0.990. The Kier molecular flexibility index (Phi) is 7.76. The average Bonchev–Trinajstić information content (AvgIpc) is 1.67. The molecule has 0 saturated heterocycles. The van der Waals surface area contributed by atoms with Crippen LogP contribution in [0.25, 0.3) is 0 Å². The molecule has 56 valence electrons. The van der Waals surface area contributed by atoms with Crippen molar-refractivity contribution in [1.29, 1.82) is 0 Å². The highest BCUT2D eigenvalue weighted by molar-refractivity contribution is 8.93. The fourth-order valence-corrected chi connectivity index (χ4v) is 0.303. The van der Waals surface area contributed by atoms with E-state index in [0.29, 0.717) is 13.0 Å². The molecule has 0 aromatic rings. The van der Waals surface area contributed by atoms with Crippen molar-refractivity contribution in [2.45, 2.75) is 12.5 Å². The molecule has 1 unspecified atom stereocenters. The summed E-state index contributed by atoms with van der Waals surface area (Å²) in [5.41, 5.74) is 10.1. The van der Waals surface area contributed by atoms with Gasteiger partial charge in [-0.05, 0) is 13.0 Å². The van der Waals surface area contributed by atoms with Crippen molar-refractivity contribution in [3.05, 3.63) is 0 Å². The number of carbonyl (C=O) groups is 1. The summed E-state index contributed by atoms with van der Waals surface area (Å²) in [5, 5.41) is 8.13. The summed E-state index contributed by atoms with van der Waals surface area (Å²) in [4.78, 5) is 9.91. The molecule has 0 aliphatic carbocycles. The van der Waals surface area contributed by atoms with Crippen LogP contribution in [0.5, 0.6) is 0 Å². The van der Waals surface area contributed by atoms with Crippen molar-refractivity contribution < 1.29 is 9.90 Å². The highest BCUT2D eigenvalue weighted by atomic mass is 79.9. The standard InChI is InChI=1S/C4H10N2O2.BrH/c5-2-1-3(6)4(7)8;/h3H,1-2,5-6H2,(H,7,8);1H. The number of rotatable bonds is 3. The lowest BCUT2D eigenvalue weighted by Gasteiger charge is -2.00. The van der Waals surface area contributed by atoms with Gasteiger partial charge in [0, 0.05) is 0 Å². The summed E-state index contributed by atoms with van der Waals surface area (Å²) < 4.78 is 0. The Balaban J connectivity index is 0. The van der Waals surface area contributed by atoms with Gasteiger partial charge in [0.05, 0.1) is 0 Å². The lowest BCUT2D eigenvalue weighted by molar-refractivity contribution is -0.138. The molecule has 5 N–H and O–H groups in total. The lowest BCUT2D eigenvalue weighted by atomic mass is 10.2. The van der Waals surface area contributed by atoms with E-state index >= 15 is 0 Å². The van der Waals surface area contributed by atoms with E-state index in [2.05, 4.69) is 0 Å². The summed E-state index contributed by atoms with van der Waals surface area (Å²) >= 11 is 0. The van der Waals surface area contributed by atoms with Crippen molar-refractivity contribution >= 4 is 23.0 Å². The molecular formula is C4H11BrN2O2. The quantitative estimate of drug-likeness (QED) is 0.562. The highest BCUT2D eigenvalue weighted by Crippen LogP contribution is 1.82. The normalized spacial score (nSPS) is 11.8. The van der Waals surface area contributed by atoms with Crippen molar-refractivity contribution in [3.8, 4) is 0 Å². The van der Waals surface area contributed by atoms with Crippen molar-refractivity contribution in [2.24, 2.45) is 11.5 Å². The molecule has 5 heteroatoms. The van der Waals surface area contributed by atoms with Gasteiger partial charge >= 0.3 is 5.97 Å². The fourth-order valence-electron chi connectivity index (χ4n) is 0.303. The van der Waals surface area contributed by atoms with Crippen LogP contribution in [0.1, 0.15) is 6.42 Å². The Morgan fingerprint density at radius 1 is 1.67 bits per heavy atom. The second-order valence-corrected chi connectivity index (χ2v) is 1.52. The van der Waals surface area contributed by atoms with Crippen molar-refractivity contribution in [2.75, 3.05) is 6.54 Å². The third-order valence-electron chi connectivity index (χ3n) is 0.795. The molecule has 0 saturated carbocycles. The van der Waals surface area contributed by atoms with Crippen LogP contribution in [-0.2, 0) is 4.79 Å². The van der Waals surface area contributed by atoms with E-state index in [9.17, 15) is 4.79 Å². The molecule has 4 nitrogen and oxygen atoms in total. The summed E-state index contributed by atoms with van der Waals surface area (Å²) in [6.07, 6.45) is 0.343. The number of hydrogen-bond acceptors (Lipinski definition) is 3. The van der Waals surface area contributed by atoms with Gasteiger partial charge in [0.15, 0.2) is 0 Å². The monoisotopic (exact) mass is 198 g/mol. The number of hydrogen-bond donors (Lipinski definition) is 3. The van der Waals surface area contributed by atoms with Gasteiger partial charge in [-0.15, -0.1) is 17.0 Å². The maximum atomic E-state index is 9.91. The number of carboxylic acid groups (broad SMARTS) is 1. The number of carboxylic acids is 1. The van der Waals surface area contributed by atoms with Gasteiger partial charge in [-0.25, -0.2) is 0 Å². The SMILES string of the molecule is Br.NCCC(N)C(=O)O. The van der Waals surface area contributed by atoms with Gasteiger partial charge in [-0.1, -0.05) is 0 Å². The second kappa shape index (κ2) is 6.00. The van der Waals surface area contributed by atoms with Crippen LogP contribution in [0.2, 0.25) is 0 Å². The minimum absolute atomic E-state index is 0. The molecule has 0 bridgehead atoms. The molecule has 9 heavy (non-hydrogen) atoms. The second-order valence-electron chi connectivity index (χ2n) is 1.52. The van der Waals surface area contributed by atoms with Gasteiger partial charge in [0.1, 0.15) is 6.04 Å². The predicted molar refractivity (Wildman–Crippen MR) is 39.6 cm³/mol. The Morgan fingerprint density at radius 3 is 2.22 bits per heavy atom. The number of aliphatic carboxylic acids is 1. The van der Waals surface area contributed by atoms with Crippen LogP contribution >= 0.6 is 17.0 Å². The van der Waals surface area contributed by atoms with E-state index in [1.807, 2.05) is 0 Å². The zero-order valence-electron chi connectivity index (χ0n) is 4.91. The van der Waals surface area contributed by atoms with Crippen molar-refractivity contribution in [1.82, 2.24) is 0 Å². The third kappa shape index (κ3) is 5.75. The molecule has 0 spiro atoms. The first-order chi connectivity index (χ1) is 3.68. The van der Waals surface area contributed by atoms with E-state index in [0.717, 1.165) is 0 Å². The summed E-state index contributed by atoms with van der Waals surface area (Å²) in [6.45, 7) is 0.327. The first-order valence-electron chi connectivity index (χ1n) is 2.37. The zero-order chi connectivity index (χ0) is 6.57. The Labute approximate surface area is 64.0 Å². The molecule has 0 aliphatic rings. The van der Waals surface area contributed by atoms with Gasteiger partial charge in [-0.3, -0.25) is 4.79 Å². The molecule has 0 heterocycles. The van der Waals surface area contributed by atoms with Gasteiger partial charge < -0.3 is 16.6 Å². The molecule has 0 aromatic heterocycles. The minimum Gasteiger partial charge on any atom is -0.480 e. The van der Waals surface area contributed by atoms with Crippen LogP contribution in [0.15, 0.2) is 0 Å². The molecular weight excluding hydrogens is 188 g/mol. The van der Waals surface area contributed by atoms with E-state index in [-0.39, 0.29) is 17.0 Å². The Morgan fingerprint density at radius 2 is 2.11 bits per heavy atom. The molecule has 0 radical (unpaired) electrons. The van der Waals surface area contributed by atoms with Gasteiger partial charge in [-0.2, -0.15) is 0 Å². The largest absolute Gasteiger partial charge is 0.480 e. The Bertz CT molecular complexity index is 88.6. The highest BCUT2D eigenvalue weighted by Gasteiger charge is 2.07. The van der Waals surface area contributed by atoms with Crippen LogP contribution in [0.4, 0.5) is 0 Å². The van der Waals surface area contributed by atoms with Gasteiger partial charge in [0.2, 0.25) is 0 Å².